The zero-order valence-corrected chi connectivity index (χ0v) is 17.8. The van der Waals surface area contributed by atoms with Gasteiger partial charge in [0.2, 0.25) is 0 Å². The van der Waals surface area contributed by atoms with Crippen LogP contribution in [0.15, 0.2) is 52.6 Å². The first-order valence-electron chi connectivity index (χ1n) is 8.42. The first-order chi connectivity index (χ1) is 13.8. The summed E-state index contributed by atoms with van der Waals surface area (Å²) in [5, 5.41) is 0.820. The van der Waals surface area contributed by atoms with E-state index in [1.165, 1.54) is 42.5 Å². The van der Waals surface area contributed by atoms with E-state index in [2.05, 4.69) is 9.97 Å². The van der Waals surface area contributed by atoms with Crippen molar-refractivity contribution in [1.29, 1.82) is 0 Å². The summed E-state index contributed by atoms with van der Waals surface area (Å²) in [5.41, 5.74) is 2.17. The second-order valence-electron chi connectivity index (χ2n) is 6.26. The van der Waals surface area contributed by atoms with Crippen molar-refractivity contribution in [3.8, 4) is 17.0 Å². The lowest BCUT2D eigenvalue weighted by atomic mass is 10.1. The third-order valence-corrected chi connectivity index (χ3v) is 7.45. The summed E-state index contributed by atoms with van der Waals surface area (Å²) in [4.78, 5) is 8.69. The van der Waals surface area contributed by atoms with Crippen LogP contribution in [0.4, 0.5) is 10.1 Å². The number of sulfonamides is 1. The van der Waals surface area contributed by atoms with Crippen LogP contribution in [0.5, 0.6) is 5.75 Å². The van der Waals surface area contributed by atoms with Crippen LogP contribution >= 0.6 is 23.4 Å². The second-order valence-corrected chi connectivity index (χ2v) is 9.57. The monoisotopic (exact) mass is 451 g/mol. The zero-order chi connectivity index (χ0) is 20.8. The highest BCUT2D eigenvalue weighted by atomic mass is 35.5. The lowest BCUT2D eigenvalue weighted by Crippen LogP contribution is -2.31. The molecule has 0 amide bonds. The Balaban J connectivity index is 1.69. The van der Waals surface area contributed by atoms with Crippen molar-refractivity contribution in [3.05, 3.63) is 59.0 Å². The van der Waals surface area contributed by atoms with E-state index in [-0.39, 0.29) is 10.6 Å². The maximum absolute atomic E-state index is 13.9. The Morgan fingerprint density at radius 2 is 2.03 bits per heavy atom. The molecule has 150 valence electrons. The minimum atomic E-state index is -3.77. The topological polar surface area (TPSA) is 72.4 Å². The van der Waals surface area contributed by atoms with Crippen LogP contribution in [0.1, 0.15) is 5.56 Å². The van der Waals surface area contributed by atoms with Crippen LogP contribution < -0.4 is 9.04 Å². The molecule has 6 nitrogen and oxygen atoms in total. The SMILES string of the molecule is COc1ccc(CSc2ncc3c(n2)-c2ccc(Cl)cc2N(C)S3(=O)=O)cc1F. The van der Waals surface area contributed by atoms with Gasteiger partial charge in [-0.3, -0.25) is 4.31 Å². The second kappa shape index (κ2) is 7.47. The molecule has 0 aliphatic carbocycles. The Hall–Kier alpha value is -2.36. The third kappa shape index (κ3) is 3.54. The predicted octanol–water partition coefficient (Wildman–Crippen LogP) is 4.38. The minimum Gasteiger partial charge on any atom is -0.494 e. The summed E-state index contributed by atoms with van der Waals surface area (Å²) >= 11 is 7.33. The molecule has 1 aliphatic rings. The van der Waals surface area contributed by atoms with Gasteiger partial charge in [-0.25, -0.2) is 22.8 Å². The van der Waals surface area contributed by atoms with Gasteiger partial charge < -0.3 is 4.74 Å². The number of methoxy groups -OCH3 is 1. The van der Waals surface area contributed by atoms with Crippen molar-refractivity contribution < 1.29 is 17.5 Å². The molecular weight excluding hydrogens is 437 g/mol. The molecule has 0 unspecified atom stereocenters. The Morgan fingerprint density at radius 1 is 1.24 bits per heavy atom. The molecule has 10 heteroatoms. The highest BCUT2D eigenvalue weighted by molar-refractivity contribution is 7.98. The number of thioether (sulfide) groups is 1. The number of hydrogen-bond donors (Lipinski definition) is 0. The minimum absolute atomic E-state index is 0.0367. The predicted molar refractivity (Wildman–Crippen MR) is 111 cm³/mol. The molecule has 0 saturated heterocycles. The highest BCUT2D eigenvalue weighted by Crippen LogP contribution is 2.42. The van der Waals surface area contributed by atoms with Crippen molar-refractivity contribution in [2.24, 2.45) is 0 Å². The fraction of sp³-hybridized carbons (Fsp3) is 0.158. The largest absolute Gasteiger partial charge is 0.494 e. The Labute approximate surface area is 176 Å². The molecule has 0 atom stereocenters. The lowest BCUT2D eigenvalue weighted by molar-refractivity contribution is 0.386. The number of ether oxygens (including phenoxy) is 1. The molecule has 1 aliphatic heterocycles. The van der Waals surface area contributed by atoms with E-state index in [9.17, 15) is 12.8 Å². The van der Waals surface area contributed by atoms with Crippen molar-refractivity contribution >= 4 is 39.1 Å². The molecule has 0 radical (unpaired) electrons. The number of fused-ring (bicyclic) bond motifs is 3. The van der Waals surface area contributed by atoms with E-state index in [4.69, 9.17) is 16.3 Å². The number of rotatable bonds is 4. The first-order valence-corrected chi connectivity index (χ1v) is 11.2. The third-order valence-electron chi connectivity index (χ3n) is 4.51. The summed E-state index contributed by atoms with van der Waals surface area (Å²) in [5.74, 6) is 0.144. The number of benzene rings is 2. The van der Waals surface area contributed by atoms with E-state index in [0.29, 0.717) is 32.9 Å². The van der Waals surface area contributed by atoms with Gasteiger partial charge in [0.25, 0.3) is 10.0 Å². The highest BCUT2D eigenvalue weighted by Gasteiger charge is 2.34. The van der Waals surface area contributed by atoms with Gasteiger partial charge in [-0.15, -0.1) is 0 Å². The lowest BCUT2D eigenvalue weighted by Gasteiger charge is -2.28. The van der Waals surface area contributed by atoms with Crippen LogP contribution in [-0.4, -0.2) is 32.5 Å². The van der Waals surface area contributed by atoms with Gasteiger partial charge in [-0.2, -0.15) is 0 Å². The van der Waals surface area contributed by atoms with Crippen molar-refractivity contribution in [3.63, 3.8) is 0 Å². The molecule has 0 bridgehead atoms. The van der Waals surface area contributed by atoms with E-state index in [1.807, 2.05) is 0 Å². The normalized spacial score (nSPS) is 14.3. The zero-order valence-electron chi connectivity index (χ0n) is 15.4. The van der Waals surface area contributed by atoms with E-state index in [0.717, 1.165) is 5.56 Å². The molecule has 2 aromatic carbocycles. The van der Waals surface area contributed by atoms with Gasteiger partial charge in [0.05, 0.1) is 24.7 Å². The van der Waals surface area contributed by atoms with Crippen LogP contribution in [0.2, 0.25) is 5.02 Å². The molecule has 3 aromatic rings. The Morgan fingerprint density at radius 3 is 2.76 bits per heavy atom. The molecular formula is C19H15ClFN3O3S2. The smallest absolute Gasteiger partial charge is 0.267 e. The number of nitrogens with zero attached hydrogens (tertiary/aromatic N) is 3. The summed E-state index contributed by atoms with van der Waals surface area (Å²) < 4.78 is 45.6. The van der Waals surface area contributed by atoms with Gasteiger partial charge in [0, 0.05) is 23.4 Å². The maximum atomic E-state index is 13.9. The maximum Gasteiger partial charge on any atom is 0.267 e. The summed E-state index contributed by atoms with van der Waals surface area (Å²) in [7, 11) is -0.898. The fourth-order valence-electron chi connectivity index (χ4n) is 3.00. The average molecular weight is 452 g/mol. The average Bonchev–Trinajstić information content (AvgIpc) is 2.70. The molecule has 0 fully saturated rings. The van der Waals surface area contributed by atoms with Gasteiger partial charge in [0.15, 0.2) is 16.7 Å². The molecule has 0 saturated carbocycles. The van der Waals surface area contributed by atoms with Crippen LogP contribution in [0.3, 0.4) is 0 Å². The van der Waals surface area contributed by atoms with Crippen LogP contribution in [0.25, 0.3) is 11.3 Å². The van der Waals surface area contributed by atoms with Crippen LogP contribution in [0, 0.1) is 5.82 Å². The molecule has 1 aromatic heterocycles. The van der Waals surface area contributed by atoms with Gasteiger partial charge in [0.1, 0.15) is 4.90 Å². The quantitative estimate of drug-likeness (QED) is 0.433. The Kier molecular flexibility index (Phi) is 5.14. The summed E-state index contributed by atoms with van der Waals surface area (Å²) in [6.45, 7) is 0. The first kappa shape index (κ1) is 19.9. The molecule has 2 heterocycles. The number of hydrogen-bond acceptors (Lipinski definition) is 6. The van der Waals surface area contributed by atoms with Crippen molar-refractivity contribution in [1.82, 2.24) is 9.97 Å². The van der Waals surface area contributed by atoms with E-state index >= 15 is 0 Å². The van der Waals surface area contributed by atoms with Crippen molar-refractivity contribution in [2.45, 2.75) is 15.8 Å². The molecule has 29 heavy (non-hydrogen) atoms. The van der Waals surface area contributed by atoms with Crippen molar-refractivity contribution in [2.75, 3.05) is 18.5 Å². The van der Waals surface area contributed by atoms with Gasteiger partial charge in [-0.05, 0) is 35.9 Å². The number of aromatic nitrogens is 2. The summed E-state index contributed by atoms with van der Waals surface area (Å²) in [6.07, 6.45) is 1.31. The standard InChI is InChI=1S/C19H15ClFN3O3S2/c1-24-15-8-12(20)4-5-13(15)18-17(29(24,25)26)9-22-19(23-18)28-10-11-3-6-16(27-2)14(21)7-11/h3-9H,10H2,1-2H3. The van der Waals surface area contributed by atoms with Gasteiger partial charge in [-0.1, -0.05) is 29.4 Å². The van der Waals surface area contributed by atoms with Gasteiger partial charge >= 0.3 is 0 Å². The number of anilines is 1. The summed E-state index contributed by atoms with van der Waals surface area (Å²) in [6, 6.07) is 9.71. The molecule has 0 spiro atoms. The van der Waals surface area contributed by atoms with Crippen LogP contribution in [-0.2, 0) is 15.8 Å². The fourth-order valence-corrected chi connectivity index (χ4v) is 5.21. The molecule has 0 N–H and O–H groups in total. The number of halogens is 2. The molecule has 4 rings (SSSR count). The Bertz CT molecular complexity index is 1220. The van der Waals surface area contributed by atoms with E-state index in [1.54, 1.807) is 30.3 Å². The van der Waals surface area contributed by atoms with E-state index < -0.39 is 15.8 Å².